The Bertz CT molecular complexity index is 908. The van der Waals surface area contributed by atoms with Crippen molar-refractivity contribution >= 4 is 17.9 Å². The SMILES string of the molecule is COc1ccc(C(=O)N2CCN(C(=O)C=Cc3ccccc3OC(F)F)CC2)cc1. The zero-order chi connectivity index (χ0) is 21.5. The zero-order valence-electron chi connectivity index (χ0n) is 16.5. The van der Waals surface area contributed by atoms with E-state index in [2.05, 4.69) is 4.74 Å². The topological polar surface area (TPSA) is 59.1 Å². The first-order valence-corrected chi connectivity index (χ1v) is 9.42. The van der Waals surface area contributed by atoms with Crippen LogP contribution in [-0.2, 0) is 4.79 Å². The number of para-hydroxylation sites is 1. The van der Waals surface area contributed by atoms with Gasteiger partial charge in [-0.05, 0) is 36.4 Å². The highest BCUT2D eigenvalue weighted by Gasteiger charge is 2.24. The molecule has 0 bridgehead atoms. The largest absolute Gasteiger partial charge is 0.497 e. The maximum absolute atomic E-state index is 12.6. The molecule has 0 unspecified atom stereocenters. The molecule has 6 nitrogen and oxygen atoms in total. The quantitative estimate of drug-likeness (QED) is 0.678. The van der Waals surface area contributed by atoms with Crippen molar-refractivity contribution in [3.05, 3.63) is 65.7 Å². The first-order valence-electron chi connectivity index (χ1n) is 9.42. The van der Waals surface area contributed by atoms with Crippen LogP contribution in [0.4, 0.5) is 8.78 Å². The Labute approximate surface area is 173 Å². The molecule has 0 aliphatic carbocycles. The summed E-state index contributed by atoms with van der Waals surface area (Å²) in [5.41, 5.74) is 0.950. The number of carbonyl (C=O) groups is 2. The molecule has 1 saturated heterocycles. The molecule has 0 atom stereocenters. The van der Waals surface area contributed by atoms with Crippen LogP contribution in [0.15, 0.2) is 54.6 Å². The van der Waals surface area contributed by atoms with Gasteiger partial charge in [0.15, 0.2) is 0 Å². The molecule has 158 valence electrons. The van der Waals surface area contributed by atoms with Crippen LogP contribution in [0.1, 0.15) is 15.9 Å². The molecule has 30 heavy (non-hydrogen) atoms. The van der Waals surface area contributed by atoms with Gasteiger partial charge in [-0.25, -0.2) is 0 Å². The fraction of sp³-hybridized carbons (Fsp3) is 0.273. The molecule has 0 saturated carbocycles. The smallest absolute Gasteiger partial charge is 0.387 e. The third-order valence-corrected chi connectivity index (χ3v) is 4.76. The molecular formula is C22H22F2N2O4. The second-order valence-electron chi connectivity index (χ2n) is 6.60. The van der Waals surface area contributed by atoms with Gasteiger partial charge in [0.05, 0.1) is 7.11 Å². The number of methoxy groups -OCH3 is 1. The first kappa shape index (κ1) is 21.3. The van der Waals surface area contributed by atoms with Crippen molar-refractivity contribution in [2.75, 3.05) is 33.3 Å². The van der Waals surface area contributed by atoms with Crippen molar-refractivity contribution in [2.24, 2.45) is 0 Å². The standard InChI is InChI=1S/C22H22F2N2O4/c1-29-18-9-6-17(7-10-18)21(28)26-14-12-25(13-15-26)20(27)11-8-16-4-2-3-5-19(16)30-22(23)24/h2-11,22H,12-15H2,1H3. The van der Waals surface area contributed by atoms with Gasteiger partial charge in [-0.2, -0.15) is 8.78 Å². The Hall–Kier alpha value is -3.42. The van der Waals surface area contributed by atoms with E-state index in [-0.39, 0.29) is 17.6 Å². The monoisotopic (exact) mass is 416 g/mol. The van der Waals surface area contributed by atoms with Crippen LogP contribution in [0.25, 0.3) is 6.08 Å². The number of amides is 2. The fourth-order valence-electron chi connectivity index (χ4n) is 3.13. The molecule has 0 aromatic heterocycles. The molecule has 8 heteroatoms. The normalized spacial score (nSPS) is 14.3. The summed E-state index contributed by atoms with van der Waals surface area (Å²) in [4.78, 5) is 28.4. The minimum atomic E-state index is -2.94. The molecule has 0 spiro atoms. The van der Waals surface area contributed by atoms with Gasteiger partial charge in [0.25, 0.3) is 5.91 Å². The van der Waals surface area contributed by atoms with Crippen LogP contribution in [0.3, 0.4) is 0 Å². The Kier molecular flexibility index (Phi) is 7.00. The van der Waals surface area contributed by atoms with Crippen LogP contribution in [0.5, 0.6) is 11.5 Å². The summed E-state index contributed by atoms with van der Waals surface area (Å²) in [5, 5.41) is 0. The van der Waals surface area contributed by atoms with Crippen molar-refractivity contribution in [3.8, 4) is 11.5 Å². The molecule has 2 aromatic rings. The van der Waals surface area contributed by atoms with Gasteiger partial charge in [-0.1, -0.05) is 18.2 Å². The highest BCUT2D eigenvalue weighted by molar-refractivity contribution is 5.95. The number of hydrogen-bond acceptors (Lipinski definition) is 4. The summed E-state index contributed by atoms with van der Waals surface area (Å²) in [7, 11) is 1.56. The molecule has 1 fully saturated rings. The number of nitrogens with zero attached hydrogens (tertiary/aromatic N) is 2. The average Bonchev–Trinajstić information content (AvgIpc) is 2.77. The number of benzene rings is 2. The summed E-state index contributed by atoms with van der Waals surface area (Å²) in [6.07, 6.45) is 2.78. The highest BCUT2D eigenvalue weighted by atomic mass is 19.3. The van der Waals surface area contributed by atoms with Gasteiger partial charge in [0.1, 0.15) is 11.5 Å². The van der Waals surface area contributed by atoms with Gasteiger partial charge >= 0.3 is 6.61 Å². The molecule has 2 amide bonds. The van der Waals surface area contributed by atoms with Gasteiger partial charge < -0.3 is 19.3 Å². The predicted octanol–water partition coefficient (Wildman–Crippen LogP) is 3.29. The van der Waals surface area contributed by atoms with E-state index in [0.29, 0.717) is 43.1 Å². The molecular weight excluding hydrogens is 394 g/mol. The van der Waals surface area contributed by atoms with E-state index in [4.69, 9.17) is 4.74 Å². The molecule has 1 aliphatic heterocycles. The van der Waals surface area contributed by atoms with E-state index >= 15 is 0 Å². The summed E-state index contributed by atoms with van der Waals surface area (Å²) >= 11 is 0. The molecule has 0 radical (unpaired) electrons. The zero-order valence-corrected chi connectivity index (χ0v) is 16.5. The summed E-state index contributed by atoms with van der Waals surface area (Å²) in [6, 6.07) is 13.1. The van der Waals surface area contributed by atoms with E-state index < -0.39 is 6.61 Å². The van der Waals surface area contributed by atoms with Crippen LogP contribution in [-0.4, -0.2) is 61.5 Å². The Balaban J connectivity index is 1.56. The van der Waals surface area contributed by atoms with E-state index in [1.54, 1.807) is 59.4 Å². The lowest BCUT2D eigenvalue weighted by atomic mass is 10.1. The number of carbonyl (C=O) groups excluding carboxylic acids is 2. The summed E-state index contributed by atoms with van der Waals surface area (Å²) in [5.74, 6) is 0.331. The maximum Gasteiger partial charge on any atom is 0.387 e. The number of piperazine rings is 1. The van der Waals surface area contributed by atoms with Crippen LogP contribution in [0.2, 0.25) is 0 Å². The van der Waals surface area contributed by atoms with Gasteiger partial charge in [0.2, 0.25) is 5.91 Å². The van der Waals surface area contributed by atoms with Crippen LogP contribution in [0, 0.1) is 0 Å². The first-order chi connectivity index (χ1) is 14.5. The number of ether oxygens (including phenoxy) is 2. The molecule has 1 heterocycles. The lowest BCUT2D eigenvalue weighted by Crippen LogP contribution is -2.50. The highest BCUT2D eigenvalue weighted by Crippen LogP contribution is 2.22. The van der Waals surface area contributed by atoms with Crippen molar-refractivity contribution in [3.63, 3.8) is 0 Å². The lowest BCUT2D eigenvalue weighted by molar-refractivity contribution is -0.127. The van der Waals surface area contributed by atoms with E-state index in [1.807, 2.05) is 0 Å². The summed E-state index contributed by atoms with van der Waals surface area (Å²) < 4.78 is 34.5. The van der Waals surface area contributed by atoms with Crippen molar-refractivity contribution in [1.29, 1.82) is 0 Å². The van der Waals surface area contributed by atoms with E-state index in [1.165, 1.54) is 18.2 Å². The Morgan fingerprint density at radius 1 is 0.967 bits per heavy atom. The van der Waals surface area contributed by atoms with Gasteiger partial charge in [-0.3, -0.25) is 9.59 Å². The number of alkyl halides is 2. The second-order valence-corrected chi connectivity index (χ2v) is 6.60. The second kappa shape index (κ2) is 9.87. The summed E-state index contributed by atoms with van der Waals surface area (Å²) in [6.45, 7) is -1.34. The third-order valence-electron chi connectivity index (χ3n) is 4.76. The van der Waals surface area contributed by atoms with Crippen LogP contribution >= 0.6 is 0 Å². The molecule has 0 N–H and O–H groups in total. The van der Waals surface area contributed by atoms with E-state index in [0.717, 1.165) is 0 Å². The maximum atomic E-state index is 12.6. The Morgan fingerprint density at radius 3 is 2.23 bits per heavy atom. The molecule has 1 aliphatic rings. The minimum absolute atomic E-state index is 0.00598. The van der Waals surface area contributed by atoms with E-state index in [9.17, 15) is 18.4 Å². The number of halogens is 2. The molecule has 2 aromatic carbocycles. The number of hydrogen-bond donors (Lipinski definition) is 0. The fourth-order valence-corrected chi connectivity index (χ4v) is 3.13. The molecule has 3 rings (SSSR count). The lowest BCUT2D eigenvalue weighted by Gasteiger charge is -2.34. The predicted molar refractivity (Wildman–Crippen MR) is 108 cm³/mol. The average molecular weight is 416 g/mol. The minimum Gasteiger partial charge on any atom is -0.497 e. The number of rotatable bonds is 6. The van der Waals surface area contributed by atoms with Crippen molar-refractivity contribution in [1.82, 2.24) is 9.80 Å². The van der Waals surface area contributed by atoms with Gasteiger partial charge in [0, 0.05) is 43.4 Å². The third kappa shape index (κ3) is 5.34. The van der Waals surface area contributed by atoms with Gasteiger partial charge in [-0.15, -0.1) is 0 Å². The van der Waals surface area contributed by atoms with Crippen molar-refractivity contribution in [2.45, 2.75) is 6.61 Å². The van der Waals surface area contributed by atoms with Crippen LogP contribution < -0.4 is 9.47 Å². The Morgan fingerprint density at radius 2 is 1.60 bits per heavy atom. The van der Waals surface area contributed by atoms with Crippen molar-refractivity contribution < 1.29 is 27.8 Å².